The molecular weight excluding hydrogens is 390 g/mol. The summed E-state index contributed by atoms with van der Waals surface area (Å²) in [5.41, 5.74) is 2.57. The standard InChI is InChI=1S/C21H20F2N6O/c22-15-3-4-17(23)16(10-15)18-2-1-7-27(18)20-5-8-28-21(26-20)19(12-25-28)29-13-14(6-9-30)11-24-29/h3-5,8,10-13,18,30H,1-2,6-7,9H2. The normalized spacial score (nSPS) is 16.6. The van der Waals surface area contributed by atoms with E-state index in [1.165, 1.54) is 12.1 Å². The van der Waals surface area contributed by atoms with Gasteiger partial charge in [0.1, 0.15) is 23.1 Å². The lowest BCUT2D eigenvalue weighted by Gasteiger charge is -2.26. The highest BCUT2D eigenvalue weighted by Gasteiger charge is 2.30. The van der Waals surface area contributed by atoms with E-state index in [1.54, 1.807) is 27.8 Å². The molecule has 5 rings (SSSR count). The van der Waals surface area contributed by atoms with Gasteiger partial charge in [-0.15, -0.1) is 0 Å². The van der Waals surface area contributed by atoms with Crippen molar-refractivity contribution in [2.45, 2.75) is 25.3 Å². The molecule has 1 fully saturated rings. The second-order valence-electron chi connectivity index (χ2n) is 7.37. The molecule has 0 bridgehead atoms. The smallest absolute Gasteiger partial charge is 0.183 e. The van der Waals surface area contributed by atoms with Crippen molar-refractivity contribution in [1.29, 1.82) is 0 Å². The van der Waals surface area contributed by atoms with Crippen molar-refractivity contribution in [3.8, 4) is 5.69 Å². The number of anilines is 1. The lowest BCUT2D eigenvalue weighted by atomic mass is 10.0. The molecule has 3 aromatic heterocycles. The van der Waals surface area contributed by atoms with E-state index >= 15 is 0 Å². The highest BCUT2D eigenvalue weighted by Crippen LogP contribution is 2.37. The van der Waals surface area contributed by atoms with Gasteiger partial charge in [-0.3, -0.25) is 0 Å². The molecule has 0 radical (unpaired) electrons. The molecule has 1 atom stereocenters. The summed E-state index contributed by atoms with van der Waals surface area (Å²) < 4.78 is 31.5. The lowest BCUT2D eigenvalue weighted by molar-refractivity contribution is 0.299. The van der Waals surface area contributed by atoms with Crippen LogP contribution in [0.25, 0.3) is 11.3 Å². The van der Waals surface area contributed by atoms with Crippen molar-refractivity contribution in [3.05, 3.63) is 71.8 Å². The van der Waals surface area contributed by atoms with Crippen LogP contribution in [0.15, 0.2) is 49.1 Å². The molecule has 0 aliphatic carbocycles. The van der Waals surface area contributed by atoms with Crippen molar-refractivity contribution in [2.24, 2.45) is 0 Å². The molecule has 7 nitrogen and oxygen atoms in total. The Kier molecular flexibility index (Phi) is 4.66. The lowest BCUT2D eigenvalue weighted by Crippen LogP contribution is -2.24. The molecule has 4 heterocycles. The Bertz CT molecular complexity index is 1200. The van der Waals surface area contributed by atoms with Gasteiger partial charge in [0, 0.05) is 31.1 Å². The molecule has 0 spiro atoms. The van der Waals surface area contributed by atoms with Crippen LogP contribution in [0.1, 0.15) is 30.0 Å². The van der Waals surface area contributed by atoms with E-state index in [0.29, 0.717) is 35.7 Å². The number of fused-ring (bicyclic) bond motifs is 1. The first-order valence-electron chi connectivity index (χ1n) is 9.85. The predicted octanol–water partition coefficient (Wildman–Crippen LogP) is 3.07. The summed E-state index contributed by atoms with van der Waals surface area (Å²) >= 11 is 0. The van der Waals surface area contributed by atoms with Crippen molar-refractivity contribution < 1.29 is 13.9 Å². The van der Waals surface area contributed by atoms with Crippen molar-refractivity contribution in [1.82, 2.24) is 24.4 Å². The highest BCUT2D eigenvalue weighted by molar-refractivity contribution is 5.61. The number of rotatable bonds is 5. The molecule has 9 heteroatoms. The number of aliphatic hydroxyl groups excluding tert-OH is 1. The van der Waals surface area contributed by atoms with Crippen molar-refractivity contribution >= 4 is 11.5 Å². The number of aromatic nitrogens is 5. The van der Waals surface area contributed by atoms with Gasteiger partial charge in [0.05, 0.1) is 18.4 Å². The Balaban J connectivity index is 1.53. The van der Waals surface area contributed by atoms with Crippen LogP contribution < -0.4 is 4.90 Å². The van der Waals surface area contributed by atoms with Gasteiger partial charge in [0.15, 0.2) is 5.65 Å². The third kappa shape index (κ3) is 3.21. The molecule has 4 aromatic rings. The average Bonchev–Trinajstić information content (AvgIpc) is 3.48. The highest BCUT2D eigenvalue weighted by atomic mass is 19.1. The summed E-state index contributed by atoms with van der Waals surface area (Å²) in [6.07, 6.45) is 9.13. The minimum atomic E-state index is -0.447. The van der Waals surface area contributed by atoms with Crippen molar-refractivity contribution in [2.75, 3.05) is 18.1 Å². The first-order valence-corrected chi connectivity index (χ1v) is 9.85. The molecule has 154 valence electrons. The Hall–Kier alpha value is -3.33. The topological polar surface area (TPSA) is 71.5 Å². The Labute approximate surface area is 171 Å². The molecule has 1 aliphatic heterocycles. The minimum absolute atomic E-state index is 0.0514. The quantitative estimate of drug-likeness (QED) is 0.548. The van der Waals surface area contributed by atoms with Crippen LogP contribution in [0.2, 0.25) is 0 Å². The van der Waals surface area contributed by atoms with Crippen LogP contribution in [0.3, 0.4) is 0 Å². The van der Waals surface area contributed by atoms with Gasteiger partial charge in [-0.25, -0.2) is 23.0 Å². The van der Waals surface area contributed by atoms with E-state index in [0.717, 1.165) is 24.5 Å². The van der Waals surface area contributed by atoms with Crippen LogP contribution >= 0.6 is 0 Å². The molecule has 0 saturated carbocycles. The van der Waals surface area contributed by atoms with Crippen LogP contribution in [-0.4, -0.2) is 42.6 Å². The fraction of sp³-hybridized carbons (Fsp3) is 0.286. The number of nitrogens with zero attached hydrogens (tertiary/aromatic N) is 6. The molecule has 1 saturated heterocycles. The molecule has 1 aromatic carbocycles. The maximum atomic E-state index is 14.4. The minimum Gasteiger partial charge on any atom is -0.396 e. The summed E-state index contributed by atoms with van der Waals surface area (Å²) in [6, 6.07) is 5.14. The monoisotopic (exact) mass is 410 g/mol. The zero-order valence-corrected chi connectivity index (χ0v) is 16.1. The fourth-order valence-corrected chi connectivity index (χ4v) is 4.05. The summed E-state index contributed by atoms with van der Waals surface area (Å²) in [4.78, 5) is 6.79. The average molecular weight is 410 g/mol. The maximum absolute atomic E-state index is 14.4. The largest absolute Gasteiger partial charge is 0.396 e. The molecule has 30 heavy (non-hydrogen) atoms. The van der Waals surface area contributed by atoms with Gasteiger partial charge in [0.2, 0.25) is 0 Å². The van der Waals surface area contributed by atoms with E-state index < -0.39 is 11.6 Å². The molecule has 1 aliphatic rings. The first kappa shape index (κ1) is 18.7. The summed E-state index contributed by atoms with van der Waals surface area (Å²) in [7, 11) is 0. The number of benzene rings is 1. The van der Waals surface area contributed by atoms with Crippen LogP contribution in [-0.2, 0) is 6.42 Å². The number of halogens is 2. The molecule has 1 unspecified atom stereocenters. The third-order valence-electron chi connectivity index (χ3n) is 5.48. The van der Waals surface area contributed by atoms with Gasteiger partial charge >= 0.3 is 0 Å². The third-order valence-corrected chi connectivity index (χ3v) is 5.48. The van der Waals surface area contributed by atoms with Gasteiger partial charge in [-0.2, -0.15) is 10.2 Å². The number of hydrogen-bond donors (Lipinski definition) is 1. The van der Waals surface area contributed by atoms with Gasteiger partial charge < -0.3 is 10.0 Å². The van der Waals surface area contributed by atoms with Crippen LogP contribution in [0.5, 0.6) is 0 Å². The molecular formula is C21H20F2N6O. The number of aliphatic hydroxyl groups is 1. The second kappa shape index (κ2) is 7.49. The summed E-state index contributed by atoms with van der Waals surface area (Å²) in [5.74, 6) is -0.178. The van der Waals surface area contributed by atoms with Crippen LogP contribution in [0, 0.1) is 11.6 Å². The van der Waals surface area contributed by atoms with E-state index in [1.807, 2.05) is 17.2 Å². The zero-order chi connectivity index (χ0) is 20.7. The van der Waals surface area contributed by atoms with Gasteiger partial charge in [-0.1, -0.05) is 0 Å². The first-order chi connectivity index (χ1) is 14.6. The fourth-order valence-electron chi connectivity index (χ4n) is 4.05. The Morgan fingerprint density at radius 1 is 1.13 bits per heavy atom. The van der Waals surface area contributed by atoms with E-state index in [4.69, 9.17) is 10.1 Å². The Morgan fingerprint density at radius 3 is 2.90 bits per heavy atom. The number of hydrogen-bond acceptors (Lipinski definition) is 5. The van der Waals surface area contributed by atoms with E-state index in [9.17, 15) is 8.78 Å². The zero-order valence-electron chi connectivity index (χ0n) is 16.1. The van der Waals surface area contributed by atoms with Crippen molar-refractivity contribution in [3.63, 3.8) is 0 Å². The molecule has 1 N–H and O–H groups in total. The van der Waals surface area contributed by atoms with Gasteiger partial charge in [-0.05, 0) is 49.1 Å². The predicted molar refractivity (Wildman–Crippen MR) is 107 cm³/mol. The SMILES string of the molecule is OCCc1cnn(-c2cnn3ccc(N4CCCC4c4cc(F)ccc4F)nc23)c1. The van der Waals surface area contributed by atoms with E-state index in [2.05, 4.69) is 10.2 Å². The maximum Gasteiger partial charge on any atom is 0.183 e. The van der Waals surface area contributed by atoms with Gasteiger partial charge in [0.25, 0.3) is 0 Å². The Morgan fingerprint density at radius 2 is 2.03 bits per heavy atom. The van der Waals surface area contributed by atoms with E-state index in [-0.39, 0.29) is 12.6 Å². The summed E-state index contributed by atoms with van der Waals surface area (Å²) in [6.45, 7) is 0.755. The summed E-state index contributed by atoms with van der Waals surface area (Å²) in [5, 5.41) is 17.8. The second-order valence-corrected chi connectivity index (χ2v) is 7.37. The molecule has 0 amide bonds. The van der Waals surface area contributed by atoms with Crippen LogP contribution in [0.4, 0.5) is 14.6 Å².